The smallest absolute Gasteiger partial charge is 0.276 e. The van der Waals surface area contributed by atoms with Crippen LogP contribution in [0.25, 0.3) is 0 Å². The van der Waals surface area contributed by atoms with Gasteiger partial charge in [-0.25, -0.2) is 14.1 Å². The van der Waals surface area contributed by atoms with E-state index < -0.39 is 29.6 Å². The van der Waals surface area contributed by atoms with Gasteiger partial charge in [0.15, 0.2) is 0 Å². The number of thiophene rings is 1. The number of nitrogens with one attached hydrogen (secondary N) is 1. The second-order valence-electron chi connectivity index (χ2n) is 4.43. The maximum absolute atomic E-state index is 13.0. The van der Waals surface area contributed by atoms with E-state index in [-0.39, 0.29) is 0 Å². The molecule has 0 saturated carbocycles. The Morgan fingerprint density at radius 2 is 1.81 bits per heavy atom. The van der Waals surface area contributed by atoms with E-state index in [9.17, 15) is 18.8 Å². The molecule has 5 nitrogen and oxygen atoms in total. The highest BCUT2D eigenvalue weighted by Gasteiger charge is 2.42. The molecule has 0 spiro atoms. The number of imide groups is 2. The lowest BCUT2D eigenvalue weighted by atomic mass is 9.95. The van der Waals surface area contributed by atoms with E-state index in [1.165, 1.54) is 35.6 Å². The van der Waals surface area contributed by atoms with Crippen LogP contribution in [0.1, 0.15) is 11.5 Å². The standard InChI is InChI=1S/C14H9FN2O3S/c15-9-3-1-8(2-4-9)11-12(18)16-14(20)17(13(11)19)10-5-6-21-7-10/h1-7,11H,(H,16,18,20). The molecule has 21 heavy (non-hydrogen) atoms. The molecule has 7 heteroatoms. The Balaban J connectivity index is 2.00. The number of halogens is 1. The average Bonchev–Trinajstić information content (AvgIpc) is 2.94. The summed E-state index contributed by atoms with van der Waals surface area (Å²) in [4.78, 5) is 37.2. The normalized spacial score (nSPS) is 18.8. The molecule has 3 rings (SSSR count). The molecule has 1 fully saturated rings. The van der Waals surface area contributed by atoms with Crippen molar-refractivity contribution in [1.82, 2.24) is 5.32 Å². The first kappa shape index (κ1) is 13.4. The van der Waals surface area contributed by atoms with Gasteiger partial charge in [0, 0.05) is 5.38 Å². The lowest BCUT2D eigenvalue weighted by Crippen LogP contribution is -2.57. The molecule has 1 saturated heterocycles. The molecule has 1 aliphatic heterocycles. The number of nitrogens with zero attached hydrogens (tertiary/aromatic N) is 1. The molecule has 2 heterocycles. The summed E-state index contributed by atoms with van der Waals surface area (Å²) in [6.07, 6.45) is 0. The molecule has 0 bridgehead atoms. The molecule has 0 aliphatic carbocycles. The average molecular weight is 304 g/mol. The van der Waals surface area contributed by atoms with Crippen molar-refractivity contribution in [3.63, 3.8) is 0 Å². The van der Waals surface area contributed by atoms with Crippen molar-refractivity contribution in [1.29, 1.82) is 0 Å². The van der Waals surface area contributed by atoms with Gasteiger partial charge in [-0.05, 0) is 29.1 Å². The molecular formula is C14H9FN2O3S. The number of hydrogen-bond donors (Lipinski definition) is 1. The van der Waals surface area contributed by atoms with Gasteiger partial charge in [0.05, 0.1) is 5.69 Å². The van der Waals surface area contributed by atoms with E-state index >= 15 is 0 Å². The van der Waals surface area contributed by atoms with Crippen molar-refractivity contribution in [2.24, 2.45) is 0 Å². The zero-order valence-electron chi connectivity index (χ0n) is 10.6. The second-order valence-corrected chi connectivity index (χ2v) is 5.21. The SMILES string of the molecule is O=C1NC(=O)N(c2ccsc2)C(=O)C1c1ccc(F)cc1. The topological polar surface area (TPSA) is 66.5 Å². The third kappa shape index (κ3) is 2.31. The summed E-state index contributed by atoms with van der Waals surface area (Å²) in [5.41, 5.74) is 0.744. The first-order chi connectivity index (χ1) is 10.1. The fourth-order valence-electron chi connectivity index (χ4n) is 2.15. The minimum absolute atomic E-state index is 0.339. The minimum Gasteiger partial charge on any atom is -0.276 e. The Bertz CT molecular complexity index is 712. The lowest BCUT2D eigenvalue weighted by molar-refractivity contribution is -0.130. The molecule has 1 N–H and O–H groups in total. The molecule has 2 aromatic rings. The van der Waals surface area contributed by atoms with Crippen LogP contribution in [-0.4, -0.2) is 17.8 Å². The Hall–Kier alpha value is -2.54. The number of carbonyl (C=O) groups excluding carboxylic acids is 3. The summed E-state index contributed by atoms with van der Waals surface area (Å²) < 4.78 is 13.0. The lowest BCUT2D eigenvalue weighted by Gasteiger charge is -2.29. The van der Waals surface area contributed by atoms with E-state index in [1.54, 1.807) is 16.8 Å². The zero-order valence-corrected chi connectivity index (χ0v) is 11.4. The molecule has 4 amide bonds. The van der Waals surface area contributed by atoms with Crippen LogP contribution < -0.4 is 10.2 Å². The molecular weight excluding hydrogens is 295 g/mol. The second kappa shape index (κ2) is 5.10. The number of anilines is 1. The molecule has 1 aromatic carbocycles. The van der Waals surface area contributed by atoms with Crippen LogP contribution in [-0.2, 0) is 9.59 Å². The first-order valence-corrected chi connectivity index (χ1v) is 6.98. The molecule has 0 radical (unpaired) electrons. The van der Waals surface area contributed by atoms with Gasteiger partial charge in [-0.15, -0.1) is 0 Å². The van der Waals surface area contributed by atoms with Gasteiger partial charge in [0.25, 0.3) is 5.91 Å². The third-order valence-electron chi connectivity index (χ3n) is 3.13. The van der Waals surface area contributed by atoms with E-state index in [1.807, 2.05) is 0 Å². The Morgan fingerprint density at radius 1 is 1.10 bits per heavy atom. The molecule has 1 atom stereocenters. The molecule has 1 unspecified atom stereocenters. The number of urea groups is 1. The Morgan fingerprint density at radius 3 is 2.43 bits per heavy atom. The minimum atomic E-state index is -1.16. The quantitative estimate of drug-likeness (QED) is 0.865. The number of carbonyl (C=O) groups is 3. The van der Waals surface area contributed by atoms with Gasteiger partial charge in [-0.1, -0.05) is 12.1 Å². The summed E-state index contributed by atoms with van der Waals surface area (Å²) in [7, 11) is 0. The summed E-state index contributed by atoms with van der Waals surface area (Å²) in [5, 5.41) is 5.50. The maximum Gasteiger partial charge on any atom is 0.335 e. The van der Waals surface area contributed by atoms with Crippen LogP contribution in [0.2, 0.25) is 0 Å². The predicted molar refractivity (Wildman–Crippen MR) is 74.5 cm³/mol. The Kier molecular flexibility index (Phi) is 3.26. The van der Waals surface area contributed by atoms with Crippen molar-refractivity contribution >= 4 is 34.9 Å². The highest BCUT2D eigenvalue weighted by Crippen LogP contribution is 2.28. The number of amides is 4. The zero-order chi connectivity index (χ0) is 15.0. The summed E-state index contributed by atoms with van der Waals surface area (Å²) in [6.45, 7) is 0. The monoisotopic (exact) mass is 304 g/mol. The molecule has 1 aliphatic rings. The van der Waals surface area contributed by atoms with Gasteiger partial charge in [0.1, 0.15) is 11.7 Å². The Labute approximate surface area is 123 Å². The van der Waals surface area contributed by atoms with Crippen LogP contribution in [0, 0.1) is 5.82 Å². The number of barbiturate groups is 1. The van der Waals surface area contributed by atoms with Gasteiger partial charge in [-0.3, -0.25) is 14.9 Å². The number of rotatable bonds is 2. The van der Waals surface area contributed by atoms with E-state index in [0.717, 1.165) is 4.90 Å². The summed E-state index contributed by atoms with van der Waals surface area (Å²) >= 11 is 1.33. The van der Waals surface area contributed by atoms with Crippen molar-refractivity contribution in [3.05, 3.63) is 52.5 Å². The van der Waals surface area contributed by atoms with E-state index in [2.05, 4.69) is 5.32 Å². The number of hydrogen-bond acceptors (Lipinski definition) is 4. The maximum atomic E-state index is 13.0. The number of benzene rings is 1. The highest BCUT2D eigenvalue weighted by atomic mass is 32.1. The fraction of sp³-hybridized carbons (Fsp3) is 0.0714. The van der Waals surface area contributed by atoms with Crippen molar-refractivity contribution in [3.8, 4) is 0 Å². The highest BCUT2D eigenvalue weighted by molar-refractivity contribution is 7.08. The third-order valence-corrected chi connectivity index (χ3v) is 3.80. The molecule has 106 valence electrons. The molecule has 1 aromatic heterocycles. The fourth-order valence-corrected chi connectivity index (χ4v) is 2.77. The van der Waals surface area contributed by atoms with Crippen molar-refractivity contribution in [2.75, 3.05) is 4.90 Å². The largest absolute Gasteiger partial charge is 0.335 e. The van der Waals surface area contributed by atoms with E-state index in [4.69, 9.17) is 0 Å². The first-order valence-electron chi connectivity index (χ1n) is 6.04. The van der Waals surface area contributed by atoms with Crippen molar-refractivity contribution in [2.45, 2.75) is 5.92 Å². The predicted octanol–water partition coefficient (Wildman–Crippen LogP) is 2.25. The van der Waals surface area contributed by atoms with E-state index in [0.29, 0.717) is 11.3 Å². The summed E-state index contributed by atoms with van der Waals surface area (Å²) in [6, 6.07) is 5.89. The van der Waals surface area contributed by atoms with Crippen LogP contribution >= 0.6 is 11.3 Å². The summed E-state index contributed by atoms with van der Waals surface area (Å²) in [5.74, 6) is -2.98. The van der Waals surface area contributed by atoms with Crippen molar-refractivity contribution < 1.29 is 18.8 Å². The van der Waals surface area contributed by atoms with Gasteiger partial charge < -0.3 is 0 Å². The van der Waals surface area contributed by atoms with Gasteiger partial charge >= 0.3 is 6.03 Å². The van der Waals surface area contributed by atoms with Crippen LogP contribution in [0.5, 0.6) is 0 Å². The van der Waals surface area contributed by atoms with Gasteiger partial charge in [0.2, 0.25) is 5.91 Å². The van der Waals surface area contributed by atoms with Crippen LogP contribution in [0.15, 0.2) is 41.1 Å². The van der Waals surface area contributed by atoms with Crippen LogP contribution in [0.4, 0.5) is 14.9 Å². The van der Waals surface area contributed by atoms with Gasteiger partial charge in [-0.2, -0.15) is 11.3 Å². The van der Waals surface area contributed by atoms with Crippen LogP contribution in [0.3, 0.4) is 0 Å².